The first-order chi connectivity index (χ1) is 13.9. The maximum absolute atomic E-state index is 12.8. The van der Waals surface area contributed by atoms with Crippen LogP contribution in [0.1, 0.15) is 28.0 Å². The van der Waals surface area contributed by atoms with Crippen molar-refractivity contribution < 1.29 is 24.5 Å². The van der Waals surface area contributed by atoms with Crippen LogP contribution in [0.4, 0.5) is 0 Å². The van der Waals surface area contributed by atoms with Crippen LogP contribution in [0.5, 0.6) is 23.0 Å². The number of methoxy groups -OCH3 is 1. The molecule has 0 saturated carbocycles. The van der Waals surface area contributed by atoms with Gasteiger partial charge in [0.05, 0.1) is 7.11 Å². The molecule has 0 radical (unpaired) electrons. The van der Waals surface area contributed by atoms with Crippen molar-refractivity contribution in [1.29, 1.82) is 0 Å². The van der Waals surface area contributed by atoms with Gasteiger partial charge in [0.1, 0.15) is 28.6 Å². The van der Waals surface area contributed by atoms with Gasteiger partial charge in [0.2, 0.25) is 5.78 Å². The summed E-state index contributed by atoms with van der Waals surface area (Å²) in [7, 11) is 1.60. The highest BCUT2D eigenvalue weighted by Crippen LogP contribution is 2.41. The zero-order valence-electron chi connectivity index (χ0n) is 16.0. The number of aryl methyl sites for hydroxylation is 1. The third kappa shape index (κ3) is 3.19. The van der Waals surface area contributed by atoms with Crippen molar-refractivity contribution in [3.63, 3.8) is 0 Å². The van der Waals surface area contributed by atoms with Crippen LogP contribution in [0.25, 0.3) is 17.0 Å². The van der Waals surface area contributed by atoms with E-state index in [-0.39, 0.29) is 28.6 Å². The molecule has 1 aromatic heterocycles. The average molecular weight is 414 g/mol. The second-order valence-electron chi connectivity index (χ2n) is 6.85. The summed E-state index contributed by atoms with van der Waals surface area (Å²) in [5.41, 5.74) is 2.84. The Kier molecular flexibility index (Phi) is 4.88. The molecule has 1 aliphatic heterocycles. The monoisotopic (exact) mass is 413 g/mol. The number of rotatable bonds is 5. The summed E-state index contributed by atoms with van der Waals surface area (Å²) in [5.74, 6) is 0.566. The van der Waals surface area contributed by atoms with E-state index in [9.17, 15) is 15.0 Å². The zero-order chi connectivity index (χ0) is 20.7. The molecular formula is C22H20ClNO5. The van der Waals surface area contributed by atoms with E-state index in [0.717, 1.165) is 41.2 Å². The van der Waals surface area contributed by atoms with Crippen molar-refractivity contribution in [3.05, 3.63) is 52.9 Å². The fraction of sp³-hybridized carbons (Fsp3) is 0.227. The summed E-state index contributed by atoms with van der Waals surface area (Å²) >= 11 is 5.89. The number of alkyl halides is 1. The van der Waals surface area contributed by atoms with Gasteiger partial charge in [0.25, 0.3) is 0 Å². The Morgan fingerprint density at radius 3 is 2.76 bits per heavy atom. The summed E-state index contributed by atoms with van der Waals surface area (Å²) in [6, 6.07) is 8.23. The standard InChI is InChI=1S/C22H20ClNO5/c1-12-15(11-20-22(27)21-18(26)8-13(25)9-19(21)29-20)16-10-14(28-2)4-5-17(16)24(12)7-3-6-23/h4-5,8-11,25-26H,3,6-7H2,1-2H3. The summed E-state index contributed by atoms with van der Waals surface area (Å²) in [4.78, 5) is 12.8. The maximum atomic E-state index is 12.8. The fourth-order valence-electron chi connectivity index (χ4n) is 3.71. The van der Waals surface area contributed by atoms with E-state index in [4.69, 9.17) is 21.1 Å². The van der Waals surface area contributed by atoms with Crippen LogP contribution in [0.3, 0.4) is 0 Å². The number of allylic oxidation sites excluding steroid dienone is 1. The number of carbonyl (C=O) groups is 1. The van der Waals surface area contributed by atoms with E-state index in [0.29, 0.717) is 11.6 Å². The molecule has 0 bridgehead atoms. The lowest BCUT2D eigenvalue weighted by molar-refractivity contribution is 0.101. The molecule has 2 heterocycles. The largest absolute Gasteiger partial charge is 0.508 e. The van der Waals surface area contributed by atoms with E-state index in [1.807, 2.05) is 25.1 Å². The lowest BCUT2D eigenvalue weighted by Crippen LogP contribution is -2.02. The number of fused-ring (bicyclic) bond motifs is 2. The molecule has 7 heteroatoms. The minimum absolute atomic E-state index is 0.0511. The van der Waals surface area contributed by atoms with Crippen molar-refractivity contribution in [2.45, 2.75) is 19.9 Å². The number of ketones is 1. The lowest BCUT2D eigenvalue weighted by atomic mass is 10.1. The van der Waals surface area contributed by atoms with Crippen LogP contribution in [-0.2, 0) is 6.54 Å². The van der Waals surface area contributed by atoms with Gasteiger partial charge in [0.15, 0.2) is 5.76 Å². The number of benzene rings is 2. The molecule has 0 saturated heterocycles. The molecular weight excluding hydrogens is 394 g/mol. The minimum atomic E-state index is -0.429. The third-order valence-corrected chi connectivity index (χ3v) is 5.37. The minimum Gasteiger partial charge on any atom is -0.508 e. The smallest absolute Gasteiger partial charge is 0.235 e. The first-order valence-corrected chi connectivity index (χ1v) is 9.71. The normalized spacial score (nSPS) is 14.4. The number of phenolic OH excluding ortho intramolecular Hbond substituents is 2. The molecule has 0 amide bonds. The van der Waals surface area contributed by atoms with Crippen LogP contribution < -0.4 is 9.47 Å². The Morgan fingerprint density at radius 1 is 1.24 bits per heavy atom. The number of aromatic nitrogens is 1. The molecule has 0 spiro atoms. The Balaban J connectivity index is 1.87. The highest BCUT2D eigenvalue weighted by Gasteiger charge is 2.32. The molecule has 0 fully saturated rings. The molecule has 4 rings (SSSR count). The summed E-state index contributed by atoms with van der Waals surface area (Å²) in [5, 5.41) is 20.6. The number of hydrogen-bond donors (Lipinski definition) is 2. The summed E-state index contributed by atoms with van der Waals surface area (Å²) in [6.07, 6.45) is 2.48. The maximum Gasteiger partial charge on any atom is 0.235 e. The van der Waals surface area contributed by atoms with Crippen molar-refractivity contribution in [1.82, 2.24) is 4.57 Å². The van der Waals surface area contributed by atoms with Gasteiger partial charge in [0, 0.05) is 46.7 Å². The predicted molar refractivity (Wildman–Crippen MR) is 111 cm³/mol. The zero-order valence-corrected chi connectivity index (χ0v) is 16.8. The molecule has 6 nitrogen and oxygen atoms in total. The lowest BCUT2D eigenvalue weighted by Gasteiger charge is -2.07. The van der Waals surface area contributed by atoms with Gasteiger partial charge in [-0.2, -0.15) is 0 Å². The Hall–Kier alpha value is -3.12. The van der Waals surface area contributed by atoms with E-state index < -0.39 is 5.78 Å². The molecule has 2 N–H and O–H groups in total. The van der Waals surface area contributed by atoms with E-state index in [1.54, 1.807) is 13.2 Å². The van der Waals surface area contributed by atoms with Crippen molar-refractivity contribution in [3.8, 4) is 23.0 Å². The van der Waals surface area contributed by atoms with Gasteiger partial charge >= 0.3 is 0 Å². The molecule has 1 aliphatic rings. The molecule has 2 aromatic carbocycles. The van der Waals surface area contributed by atoms with Gasteiger partial charge in [-0.05, 0) is 37.6 Å². The molecule has 0 aliphatic carbocycles. The number of halogens is 1. The molecule has 150 valence electrons. The predicted octanol–water partition coefficient (Wildman–Crippen LogP) is 4.61. The van der Waals surface area contributed by atoms with E-state index >= 15 is 0 Å². The van der Waals surface area contributed by atoms with Crippen LogP contribution >= 0.6 is 11.6 Å². The number of phenols is 2. The molecule has 0 unspecified atom stereocenters. The van der Waals surface area contributed by atoms with Crippen LogP contribution in [0, 0.1) is 6.92 Å². The van der Waals surface area contributed by atoms with Crippen LogP contribution in [-0.4, -0.2) is 33.6 Å². The summed E-state index contributed by atoms with van der Waals surface area (Å²) in [6.45, 7) is 2.72. The number of ether oxygens (including phenoxy) is 2. The number of hydrogen-bond acceptors (Lipinski definition) is 5. The van der Waals surface area contributed by atoms with Crippen molar-refractivity contribution >= 4 is 34.4 Å². The highest BCUT2D eigenvalue weighted by molar-refractivity contribution is 6.18. The highest BCUT2D eigenvalue weighted by atomic mass is 35.5. The Bertz CT molecular complexity index is 1160. The number of aromatic hydroxyl groups is 2. The third-order valence-electron chi connectivity index (χ3n) is 5.11. The second kappa shape index (κ2) is 7.37. The number of carbonyl (C=O) groups excluding carboxylic acids is 1. The van der Waals surface area contributed by atoms with Crippen molar-refractivity contribution in [2.75, 3.05) is 13.0 Å². The molecule has 3 aromatic rings. The Morgan fingerprint density at radius 2 is 2.03 bits per heavy atom. The van der Waals surface area contributed by atoms with Gasteiger partial charge in [-0.25, -0.2) is 0 Å². The molecule has 0 atom stereocenters. The second-order valence-corrected chi connectivity index (χ2v) is 7.23. The summed E-state index contributed by atoms with van der Waals surface area (Å²) < 4.78 is 13.2. The Labute approximate surface area is 172 Å². The van der Waals surface area contributed by atoms with Crippen LogP contribution in [0.2, 0.25) is 0 Å². The van der Waals surface area contributed by atoms with Crippen molar-refractivity contribution in [2.24, 2.45) is 0 Å². The first kappa shape index (κ1) is 19.2. The number of Topliss-reactive ketones (excluding diaryl/α,β-unsaturated/α-hetero) is 1. The van der Waals surface area contributed by atoms with Gasteiger partial charge < -0.3 is 24.3 Å². The SMILES string of the molecule is COc1ccc2c(c1)c(C=C1Oc3cc(O)cc(O)c3C1=O)c(C)n2CCCCl. The van der Waals surface area contributed by atoms with Gasteiger partial charge in [-0.1, -0.05) is 0 Å². The average Bonchev–Trinajstić information content (AvgIpc) is 3.14. The van der Waals surface area contributed by atoms with Crippen LogP contribution in [0.15, 0.2) is 36.1 Å². The van der Waals surface area contributed by atoms with Gasteiger partial charge in [-0.15, -0.1) is 11.6 Å². The quantitative estimate of drug-likeness (QED) is 0.471. The fourth-order valence-corrected chi connectivity index (χ4v) is 3.83. The molecule has 29 heavy (non-hydrogen) atoms. The topological polar surface area (TPSA) is 80.9 Å². The van der Waals surface area contributed by atoms with E-state index in [1.165, 1.54) is 6.07 Å². The number of nitrogens with zero attached hydrogens (tertiary/aromatic N) is 1. The van der Waals surface area contributed by atoms with E-state index in [2.05, 4.69) is 4.57 Å². The van der Waals surface area contributed by atoms with Gasteiger partial charge in [-0.3, -0.25) is 4.79 Å². The first-order valence-electron chi connectivity index (χ1n) is 9.17.